The molecule has 1 heterocycles. The number of hydrogen-bond acceptors (Lipinski definition) is 3. The summed E-state index contributed by atoms with van der Waals surface area (Å²) in [6, 6.07) is 6.75. The summed E-state index contributed by atoms with van der Waals surface area (Å²) in [4.78, 5) is 4.42. The Kier molecular flexibility index (Phi) is 4.10. The Morgan fingerprint density at radius 1 is 1.47 bits per heavy atom. The van der Waals surface area contributed by atoms with Gasteiger partial charge in [0.15, 0.2) is 0 Å². The topological polar surface area (TPSA) is 24.9 Å². The molecule has 0 amide bonds. The molecule has 1 aliphatic rings. The van der Waals surface area contributed by atoms with E-state index < -0.39 is 0 Å². The minimum Gasteiger partial charge on any atom is -0.313 e. The van der Waals surface area contributed by atoms with Gasteiger partial charge in [0.05, 0.1) is 5.03 Å². The average Bonchev–Trinajstić information content (AvgIpc) is 2.58. The van der Waals surface area contributed by atoms with Gasteiger partial charge in [0.2, 0.25) is 0 Å². The number of nitrogens with zero attached hydrogens (tertiary/aromatic N) is 1. The molecule has 0 aromatic carbocycles. The minimum atomic E-state index is 0.405. The van der Waals surface area contributed by atoms with Crippen molar-refractivity contribution in [2.24, 2.45) is 5.41 Å². The van der Waals surface area contributed by atoms with Gasteiger partial charge in [0, 0.05) is 17.5 Å². The van der Waals surface area contributed by atoms with Crippen molar-refractivity contribution in [3.8, 4) is 0 Å². The van der Waals surface area contributed by atoms with Crippen LogP contribution in [0.2, 0.25) is 0 Å². The van der Waals surface area contributed by atoms with Crippen LogP contribution in [0.4, 0.5) is 0 Å². The van der Waals surface area contributed by atoms with E-state index in [1.165, 1.54) is 12.8 Å². The maximum Gasteiger partial charge on any atom is 0.0963 e. The molecule has 0 spiro atoms. The number of rotatable bonds is 4. The molecule has 0 aliphatic heterocycles. The van der Waals surface area contributed by atoms with Crippen molar-refractivity contribution >= 4 is 11.8 Å². The van der Waals surface area contributed by atoms with Gasteiger partial charge < -0.3 is 5.32 Å². The van der Waals surface area contributed by atoms with Gasteiger partial charge in [-0.15, -0.1) is 11.8 Å². The Morgan fingerprint density at radius 3 is 2.94 bits per heavy atom. The van der Waals surface area contributed by atoms with Crippen LogP contribution in [-0.2, 0) is 0 Å². The second-order valence-electron chi connectivity index (χ2n) is 5.39. The summed E-state index contributed by atoms with van der Waals surface area (Å²) >= 11 is 1.93. The average molecular weight is 250 g/mol. The molecule has 1 fully saturated rings. The first kappa shape index (κ1) is 12.9. The van der Waals surface area contributed by atoms with Gasteiger partial charge in [-0.2, -0.15) is 0 Å². The predicted octanol–water partition coefficient (Wildman–Crippen LogP) is 3.34. The molecule has 1 aromatic heterocycles. The van der Waals surface area contributed by atoms with Crippen LogP contribution in [0.3, 0.4) is 0 Å². The maximum absolute atomic E-state index is 4.42. The summed E-state index contributed by atoms with van der Waals surface area (Å²) in [6.07, 6.45) is 4.46. The Bertz CT molecular complexity index is 350. The van der Waals surface area contributed by atoms with E-state index in [9.17, 15) is 0 Å². The lowest BCUT2D eigenvalue weighted by Gasteiger charge is -2.31. The van der Waals surface area contributed by atoms with E-state index in [-0.39, 0.29) is 0 Å². The third kappa shape index (κ3) is 3.02. The zero-order valence-corrected chi connectivity index (χ0v) is 11.8. The van der Waals surface area contributed by atoms with Gasteiger partial charge in [-0.3, -0.25) is 0 Å². The Hall–Kier alpha value is -0.540. The first-order valence-corrected chi connectivity index (χ1v) is 7.32. The van der Waals surface area contributed by atoms with Crippen LogP contribution in [0.15, 0.2) is 29.4 Å². The molecule has 1 aromatic rings. The Balaban J connectivity index is 2.06. The van der Waals surface area contributed by atoms with Crippen molar-refractivity contribution < 1.29 is 0 Å². The fraction of sp³-hybridized carbons (Fsp3) is 0.643. The minimum absolute atomic E-state index is 0.405. The smallest absolute Gasteiger partial charge is 0.0963 e. The summed E-state index contributed by atoms with van der Waals surface area (Å²) < 4.78 is 0. The number of hydrogen-bond donors (Lipinski definition) is 1. The molecule has 0 radical (unpaired) electrons. The number of nitrogens with one attached hydrogen (secondary N) is 1. The van der Waals surface area contributed by atoms with E-state index in [1.54, 1.807) is 0 Å². The first-order chi connectivity index (χ1) is 8.13. The highest BCUT2D eigenvalue weighted by molar-refractivity contribution is 7.99. The molecule has 0 bridgehead atoms. The van der Waals surface area contributed by atoms with Gasteiger partial charge >= 0.3 is 0 Å². The van der Waals surface area contributed by atoms with Crippen molar-refractivity contribution in [2.75, 3.05) is 6.54 Å². The van der Waals surface area contributed by atoms with Crippen LogP contribution in [0.25, 0.3) is 0 Å². The SMILES string of the molecule is CCNC1C(Sc2ccccn2)CCC1(C)C. The van der Waals surface area contributed by atoms with E-state index in [0.29, 0.717) is 16.7 Å². The molecule has 2 atom stereocenters. The van der Waals surface area contributed by atoms with Crippen molar-refractivity contribution in [3.05, 3.63) is 24.4 Å². The lowest BCUT2D eigenvalue weighted by Crippen LogP contribution is -2.43. The van der Waals surface area contributed by atoms with Crippen LogP contribution in [-0.4, -0.2) is 22.8 Å². The van der Waals surface area contributed by atoms with Crippen LogP contribution < -0.4 is 5.32 Å². The Morgan fingerprint density at radius 2 is 2.29 bits per heavy atom. The number of thioether (sulfide) groups is 1. The van der Waals surface area contributed by atoms with Gasteiger partial charge in [-0.1, -0.05) is 26.8 Å². The second-order valence-corrected chi connectivity index (χ2v) is 6.65. The van der Waals surface area contributed by atoms with Gasteiger partial charge in [-0.05, 0) is 36.9 Å². The highest BCUT2D eigenvalue weighted by Gasteiger charge is 2.41. The summed E-state index contributed by atoms with van der Waals surface area (Å²) in [5.41, 5.74) is 0.405. The quantitative estimate of drug-likeness (QED) is 0.887. The summed E-state index contributed by atoms with van der Waals surface area (Å²) in [6.45, 7) is 7.99. The van der Waals surface area contributed by atoms with Crippen LogP contribution in [0.5, 0.6) is 0 Å². The van der Waals surface area contributed by atoms with Crippen molar-refractivity contribution in [2.45, 2.75) is 49.9 Å². The van der Waals surface area contributed by atoms with E-state index in [4.69, 9.17) is 0 Å². The molecule has 1 saturated carbocycles. The van der Waals surface area contributed by atoms with E-state index >= 15 is 0 Å². The molecule has 17 heavy (non-hydrogen) atoms. The first-order valence-electron chi connectivity index (χ1n) is 6.44. The molecule has 1 N–H and O–H groups in total. The van der Waals surface area contributed by atoms with Crippen LogP contribution in [0, 0.1) is 5.41 Å². The molecule has 2 unspecified atom stereocenters. The monoisotopic (exact) mass is 250 g/mol. The van der Waals surface area contributed by atoms with Gasteiger partial charge in [0.1, 0.15) is 0 Å². The zero-order valence-electron chi connectivity index (χ0n) is 10.9. The number of pyridine rings is 1. The normalized spacial score (nSPS) is 27.2. The molecule has 3 heteroatoms. The van der Waals surface area contributed by atoms with E-state index in [0.717, 1.165) is 11.6 Å². The van der Waals surface area contributed by atoms with E-state index in [1.807, 2.05) is 24.0 Å². The molecule has 0 saturated heterocycles. The predicted molar refractivity (Wildman–Crippen MR) is 74.4 cm³/mol. The molecular weight excluding hydrogens is 228 g/mol. The second kappa shape index (κ2) is 5.40. The molecule has 2 rings (SSSR count). The summed E-state index contributed by atoms with van der Waals surface area (Å²) in [5, 5.41) is 5.46. The van der Waals surface area contributed by atoms with Gasteiger partial charge in [0.25, 0.3) is 0 Å². The van der Waals surface area contributed by atoms with Crippen molar-refractivity contribution in [3.63, 3.8) is 0 Å². The highest BCUT2D eigenvalue weighted by Crippen LogP contribution is 2.44. The third-order valence-electron chi connectivity index (χ3n) is 3.62. The zero-order chi connectivity index (χ0) is 12.3. The summed E-state index contributed by atoms with van der Waals surface area (Å²) in [7, 11) is 0. The van der Waals surface area contributed by atoms with Crippen molar-refractivity contribution in [1.82, 2.24) is 10.3 Å². The van der Waals surface area contributed by atoms with Crippen LogP contribution >= 0.6 is 11.8 Å². The molecule has 94 valence electrons. The largest absolute Gasteiger partial charge is 0.313 e. The third-order valence-corrected chi connectivity index (χ3v) is 4.91. The maximum atomic E-state index is 4.42. The van der Waals surface area contributed by atoms with Gasteiger partial charge in [-0.25, -0.2) is 4.98 Å². The van der Waals surface area contributed by atoms with Crippen molar-refractivity contribution in [1.29, 1.82) is 0 Å². The molecular formula is C14H22N2S. The van der Waals surface area contributed by atoms with E-state index in [2.05, 4.69) is 43.2 Å². The molecule has 1 aliphatic carbocycles. The number of aromatic nitrogens is 1. The molecule has 2 nitrogen and oxygen atoms in total. The lowest BCUT2D eigenvalue weighted by atomic mass is 9.87. The standard InChI is InChI=1S/C14H22N2S/c1-4-15-13-11(8-9-14(13,2)3)17-12-7-5-6-10-16-12/h5-7,10-11,13,15H,4,8-9H2,1-3H3. The lowest BCUT2D eigenvalue weighted by molar-refractivity contribution is 0.290. The Labute approximate surface area is 109 Å². The fourth-order valence-corrected chi connectivity index (χ4v) is 4.09. The summed E-state index contributed by atoms with van der Waals surface area (Å²) in [5.74, 6) is 0. The highest BCUT2D eigenvalue weighted by atomic mass is 32.2. The van der Waals surface area contributed by atoms with Crippen LogP contribution in [0.1, 0.15) is 33.6 Å². The fourth-order valence-electron chi connectivity index (χ4n) is 2.67.